The number of hydrogen-bond acceptors (Lipinski definition) is 2. The molecular weight excluding hydrogens is 300 g/mol. The Balaban J connectivity index is 2.67. The lowest BCUT2D eigenvalue weighted by atomic mass is 9.88. The third kappa shape index (κ3) is 3.40. The van der Waals surface area contributed by atoms with Crippen LogP contribution in [0.25, 0.3) is 11.1 Å². The molecule has 5 heteroatoms. The number of carbonyl (C=O) groups is 1. The molecule has 2 rings (SSSR count). The minimum atomic E-state index is -1.09. The van der Waals surface area contributed by atoms with Gasteiger partial charge in [-0.15, -0.1) is 0 Å². The van der Waals surface area contributed by atoms with Crippen molar-refractivity contribution in [3.8, 4) is 11.1 Å². The number of rotatable bonds is 4. The number of halogens is 2. The second-order valence-corrected chi connectivity index (χ2v) is 5.76. The van der Waals surface area contributed by atoms with Crippen LogP contribution in [-0.2, 0) is 4.79 Å². The molecule has 3 nitrogen and oxygen atoms in total. The normalized spacial score (nSPS) is 12.3. The van der Waals surface area contributed by atoms with Gasteiger partial charge in [0.05, 0.1) is 6.42 Å². The molecule has 0 aliphatic carbocycles. The predicted octanol–water partition coefficient (Wildman–Crippen LogP) is 4.03. The number of benzene rings is 2. The molecule has 0 aromatic heterocycles. The Morgan fingerprint density at radius 3 is 2.35 bits per heavy atom. The molecule has 23 heavy (non-hydrogen) atoms. The van der Waals surface area contributed by atoms with E-state index in [0.29, 0.717) is 11.1 Å². The van der Waals surface area contributed by atoms with E-state index in [4.69, 9.17) is 10.8 Å². The summed E-state index contributed by atoms with van der Waals surface area (Å²) in [5.74, 6) is -1.91. The zero-order chi connectivity index (χ0) is 17.3. The maximum absolute atomic E-state index is 14.5. The third-order valence-electron chi connectivity index (χ3n) is 4.00. The molecule has 0 aliphatic heterocycles. The highest BCUT2D eigenvalue weighted by molar-refractivity contribution is 5.74. The van der Waals surface area contributed by atoms with Crippen molar-refractivity contribution in [2.45, 2.75) is 33.2 Å². The number of hydrogen-bond donors (Lipinski definition) is 2. The molecule has 0 amide bonds. The van der Waals surface area contributed by atoms with E-state index in [1.165, 1.54) is 12.1 Å². The molecule has 2 aromatic carbocycles. The van der Waals surface area contributed by atoms with Crippen molar-refractivity contribution in [1.82, 2.24) is 0 Å². The van der Waals surface area contributed by atoms with Gasteiger partial charge in [-0.05, 0) is 66.8 Å². The number of aryl methyl sites for hydroxylation is 2. The van der Waals surface area contributed by atoms with Crippen molar-refractivity contribution in [3.63, 3.8) is 0 Å². The number of aliphatic carboxylic acids is 1. The van der Waals surface area contributed by atoms with Crippen molar-refractivity contribution >= 4 is 5.97 Å². The lowest BCUT2D eigenvalue weighted by Gasteiger charge is -2.20. The summed E-state index contributed by atoms with van der Waals surface area (Å²) in [7, 11) is 0. The van der Waals surface area contributed by atoms with Crippen molar-refractivity contribution in [2.24, 2.45) is 5.73 Å². The first-order valence-electron chi connectivity index (χ1n) is 7.25. The molecular formula is C18H19F2NO2. The molecule has 1 atom stereocenters. The van der Waals surface area contributed by atoms with Gasteiger partial charge in [-0.2, -0.15) is 0 Å². The van der Waals surface area contributed by atoms with E-state index in [0.717, 1.165) is 16.7 Å². The van der Waals surface area contributed by atoms with Crippen LogP contribution in [0.5, 0.6) is 0 Å². The third-order valence-corrected chi connectivity index (χ3v) is 4.00. The first-order chi connectivity index (χ1) is 10.7. The highest BCUT2D eigenvalue weighted by atomic mass is 19.1. The highest BCUT2D eigenvalue weighted by Gasteiger charge is 2.22. The summed E-state index contributed by atoms with van der Waals surface area (Å²) >= 11 is 0. The van der Waals surface area contributed by atoms with Crippen molar-refractivity contribution in [2.75, 3.05) is 0 Å². The summed E-state index contributed by atoms with van der Waals surface area (Å²) in [6, 6.07) is 5.13. The molecule has 122 valence electrons. The standard InChI is InChI=1S/C18H19F2NO2/c1-9-6-12(19)4-5-13(9)14-7-10(2)18(20)17(11(14)3)15(21)8-16(22)23/h4-7,15H,8,21H2,1-3H3,(H,22,23). The van der Waals surface area contributed by atoms with Crippen LogP contribution >= 0.6 is 0 Å². The van der Waals surface area contributed by atoms with Crippen LogP contribution in [0, 0.1) is 32.4 Å². The Morgan fingerprint density at radius 2 is 1.78 bits per heavy atom. The van der Waals surface area contributed by atoms with E-state index < -0.39 is 17.8 Å². The van der Waals surface area contributed by atoms with Crippen LogP contribution in [0.15, 0.2) is 24.3 Å². The van der Waals surface area contributed by atoms with Gasteiger partial charge in [-0.3, -0.25) is 4.79 Å². The topological polar surface area (TPSA) is 63.3 Å². The quantitative estimate of drug-likeness (QED) is 0.894. The van der Waals surface area contributed by atoms with Crippen LogP contribution in [0.3, 0.4) is 0 Å². The summed E-state index contributed by atoms with van der Waals surface area (Å²) in [5.41, 5.74) is 9.28. The molecule has 0 heterocycles. The van der Waals surface area contributed by atoms with Crippen molar-refractivity contribution < 1.29 is 18.7 Å². The fraction of sp³-hybridized carbons (Fsp3) is 0.278. The van der Waals surface area contributed by atoms with Crippen molar-refractivity contribution in [1.29, 1.82) is 0 Å². The average Bonchev–Trinajstić information content (AvgIpc) is 2.43. The molecule has 2 aromatic rings. The molecule has 0 saturated heterocycles. The number of nitrogens with two attached hydrogens (primary N) is 1. The van der Waals surface area contributed by atoms with Gasteiger partial charge in [0.25, 0.3) is 0 Å². The van der Waals surface area contributed by atoms with E-state index in [9.17, 15) is 13.6 Å². The SMILES string of the molecule is Cc1cc(F)ccc1-c1cc(C)c(F)c(C(N)CC(=O)O)c1C. The van der Waals surface area contributed by atoms with Gasteiger partial charge in [0.15, 0.2) is 0 Å². The Hall–Kier alpha value is -2.27. The molecule has 3 N–H and O–H groups in total. The Labute approximate surface area is 133 Å². The second kappa shape index (κ2) is 6.46. The lowest BCUT2D eigenvalue weighted by molar-refractivity contribution is -0.137. The zero-order valence-corrected chi connectivity index (χ0v) is 13.3. The Kier molecular flexibility index (Phi) is 4.80. The molecule has 0 radical (unpaired) electrons. The van der Waals surface area contributed by atoms with E-state index in [1.807, 2.05) is 0 Å². The second-order valence-electron chi connectivity index (χ2n) is 5.76. The average molecular weight is 319 g/mol. The summed E-state index contributed by atoms with van der Waals surface area (Å²) in [4.78, 5) is 10.9. The fourth-order valence-electron chi connectivity index (χ4n) is 2.85. The summed E-state index contributed by atoms with van der Waals surface area (Å²) in [5, 5.41) is 8.91. The van der Waals surface area contributed by atoms with Crippen LogP contribution in [0.1, 0.15) is 34.7 Å². The summed E-state index contributed by atoms with van der Waals surface area (Å²) in [6.45, 7) is 5.08. The van der Waals surface area contributed by atoms with E-state index in [2.05, 4.69) is 0 Å². The van der Waals surface area contributed by atoms with Crippen LogP contribution < -0.4 is 5.73 Å². The maximum atomic E-state index is 14.5. The Morgan fingerprint density at radius 1 is 1.13 bits per heavy atom. The minimum absolute atomic E-state index is 0.200. The molecule has 0 spiro atoms. The van der Waals surface area contributed by atoms with E-state index in [1.54, 1.807) is 32.9 Å². The molecule has 0 bridgehead atoms. The van der Waals surface area contributed by atoms with Gasteiger partial charge in [0, 0.05) is 11.6 Å². The van der Waals surface area contributed by atoms with Crippen LogP contribution in [-0.4, -0.2) is 11.1 Å². The fourth-order valence-corrected chi connectivity index (χ4v) is 2.85. The van der Waals surface area contributed by atoms with Gasteiger partial charge in [0.1, 0.15) is 11.6 Å². The van der Waals surface area contributed by atoms with Gasteiger partial charge in [-0.25, -0.2) is 8.78 Å². The van der Waals surface area contributed by atoms with Gasteiger partial charge >= 0.3 is 5.97 Å². The van der Waals surface area contributed by atoms with Gasteiger partial charge in [-0.1, -0.05) is 6.07 Å². The molecule has 0 saturated carbocycles. The Bertz CT molecular complexity index is 772. The maximum Gasteiger partial charge on any atom is 0.305 e. The van der Waals surface area contributed by atoms with Gasteiger partial charge in [0.2, 0.25) is 0 Å². The lowest BCUT2D eigenvalue weighted by Crippen LogP contribution is -2.18. The van der Waals surface area contributed by atoms with Crippen molar-refractivity contribution in [3.05, 3.63) is 58.2 Å². The largest absolute Gasteiger partial charge is 0.481 e. The number of carboxylic acids is 1. The van der Waals surface area contributed by atoms with Gasteiger partial charge < -0.3 is 10.8 Å². The molecule has 0 fully saturated rings. The van der Waals surface area contributed by atoms with Crippen LogP contribution in [0.2, 0.25) is 0 Å². The molecule has 1 unspecified atom stereocenters. The highest BCUT2D eigenvalue weighted by Crippen LogP contribution is 2.34. The first-order valence-corrected chi connectivity index (χ1v) is 7.25. The summed E-state index contributed by atoms with van der Waals surface area (Å²) in [6.07, 6.45) is -0.358. The minimum Gasteiger partial charge on any atom is -0.481 e. The first kappa shape index (κ1) is 17.1. The predicted molar refractivity (Wildman–Crippen MR) is 85.2 cm³/mol. The molecule has 0 aliphatic rings. The number of carboxylic acid groups (broad SMARTS) is 1. The summed E-state index contributed by atoms with van der Waals surface area (Å²) < 4.78 is 27.8. The van der Waals surface area contributed by atoms with Crippen LogP contribution in [0.4, 0.5) is 8.78 Å². The smallest absolute Gasteiger partial charge is 0.305 e. The zero-order valence-electron chi connectivity index (χ0n) is 13.3. The van der Waals surface area contributed by atoms with E-state index >= 15 is 0 Å². The monoisotopic (exact) mass is 319 g/mol. The van der Waals surface area contributed by atoms with E-state index in [-0.39, 0.29) is 17.8 Å².